The number of hydrogen-bond donors (Lipinski definition) is 1. The molecule has 0 aliphatic carbocycles. The Morgan fingerprint density at radius 1 is 0.907 bits per heavy atom. The van der Waals surface area contributed by atoms with Crippen molar-refractivity contribution in [3.63, 3.8) is 0 Å². The molecule has 218 valence electrons. The number of ether oxygens (including phenoxy) is 2. The Morgan fingerprint density at radius 2 is 1.58 bits per heavy atom. The Balaban J connectivity index is 1.49. The molecule has 0 atom stereocenters. The van der Waals surface area contributed by atoms with E-state index in [1.165, 1.54) is 53.9 Å². The molecule has 3 aromatic carbocycles. The van der Waals surface area contributed by atoms with Crippen LogP contribution in [0.3, 0.4) is 0 Å². The second kappa shape index (κ2) is 12.6. The smallest absolute Gasteiger partial charge is 0.337 e. The Labute approximate surface area is 255 Å². The molecule has 1 N–H and O–H groups in total. The van der Waals surface area contributed by atoms with Gasteiger partial charge in [-0.25, -0.2) is 14.6 Å². The number of para-hydroxylation sites is 1. The first-order valence-electron chi connectivity index (χ1n) is 13.1. The summed E-state index contributed by atoms with van der Waals surface area (Å²) in [5.41, 5.74) is 4.80. The number of benzene rings is 3. The quantitative estimate of drug-likeness (QED) is 0.128. The van der Waals surface area contributed by atoms with Crippen molar-refractivity contribution in [2.75, 3.05) is 25.3 Å². The number of hydrogen-bond acceptors (Lipinski definition) is 9. The normalized spacial score (nSPS) is 10.9. The number of nitrogens with one attached hydrogen (secondary N) is 1. The number of carbonyl (C=O) groups is 3. The number of aryl methyl sites for hydroxylation is 2. The van der Waals surface area contributed by atoms with Gasteiger partial charge in [0.1, 0.15) is 4.83 Å². The highest BCUT2D eigenvalue weighted by Gasteiger charge is 2.20. The van der Waals surface area contributed by atoms with Gasteiger partial charge in [-0.1, -0.05) is 48.2 Å². The van der Waals surface area contributed by atoms with Gasteiger partial charge in [-0.15, -0.1) is 11.3 Å². The van der Waals surface area contributed by atoms with Crippen LogP contribution < -0.4 is 10.9 Å². The van der Waals surface area contributed by atoms with E-state index in [9.17, 15) is 19.2 Å². The molecule has 2 aromatic heterocycles. The zero-order valence-corrected chi connectivity index (χ0v) is 25.4. The maximum atomic E-state index is 14.1. The molecule has 0 unspecified atom stereocenters. The standard InChI is InChI=1S/C32H27N3O6S2/c1-18-10-11-20(12-19(18)2)25-16-42-28-27(25)29(37)35(24-8-6-5-7-9-24)32(34-28)43-17-26(36)33-23-14-21(30(38)40-3)13-22(15-23)31(39)41-4/h5-16H,17H2,1-4H3,(H,33,36). The van der Waals surface area contributed by atoms with Crippen LogP contribution in [0.4, 0.5) is 5.69 Å². The summed E-state index contributed by atoms with van der Waals surface area (Å²) in [4.78, 5) is 56.8. The number of methoxy groups -OCH3 is 2. The van der Waals surface area contributed by atoms with Crippen molar-refractivity contribution in [3.05, 3.63) is 105 Å². The summed E-state index contributed by atoms with van der Waals surface area (Å²) in [6.45, 7) is 4.08. The zero-order chi connectivity index (χ0) is 30.7. The molecule has 0 spiro atoms. The van der Waals surface area contributed by atoms with Crippen LogP contribution in [0.15, 0.2) is 82.1 Å². The van der Waals surface area contributed by atoms with Gasteiger partial charge in [0, 0.05) is 16.6 Å². The molecular formula is C32H27N3O6S2. The molecule has 0 saturated heterocycles. The van der Waals surface area contributed by atoms with Gasteiger partial charge in [-0.2, -0.15) is 0 Å². The van der Waals surface area contributed by atoms with Gasteiger partial charge < -0.3 is 14.8 Å². The number of thioether (sulfide) groups is 1. The average Bonchev–Trinajstić information content (AvgIpc) is 3.45. The van der Waals surface area contributed by atoms with E-state index in [1.54, 1.807) is 0 Å². The predicted octanol–water partition coefficient (Wildman–Crippen LogP) is 6.04. The fourth-order valence-corrected chi connectivity index (χ4v) is 6.29. The van der Waals surface area contributed by atoms with Crippen LogP contribution >= 0.6 is 23.1 Å². The molecule has 1 amide bonds. The van der Waals surface area contributed by atoms with Gasteiger partial charge in [0.15, 0.2) is 5.16 Å². The summed E-state index contributed by atoms with van der Waals surface area (Å²) in [5.74, 6) is -1.87. The van der Waals surface area contributed by atoms with Crippen LogP contribution in [0.25, 0.3) is 27.0 Å². The summed E-state index contributed by atoms with van der Waals surface area (Å²) >= 11 is 2.48. The van der Waals surface area contributed by atoms with E-state index in [4.69, 9.17) is 14.5 Å². The van der Waals surface area contributed by atoms with Gasteiger partial charge in [0.25, 0.3) is 5.56 Å². The van der Waals surface area contributed by atoms with Crippen molar-refractivity contribution in [1.82, 2.24) is 9.55 Å². The zero-order valence-electron chi connectivity index (χ0n) is 23.8. The van der Waals surface area contributed by atoms with E-state index in [0.717, 1.165) is 28.5 Å². The summed E-state index contributed by atoms with van der Waals surface area (Å²) in [6.07, 6.45) is 0. The lowest BCUT2D eigenvalue weighted by atomic mass is 10.0. The number of rotatable bonds is 8. The Hall–Kier alpha value is -4.74. The molecule has 43 heavy (non-hydrogen) atoms. The lowest BCUT2D eigenvalue weighted by Crippen LogP contribution is -2.22. The van der Waals surface area contributed by atoms with Gasteiger partial charge in [-0.05, 0) is 60.9 Å². The molecule has 0 fully saturated rings. The molecule has 0 aliphatic heterocycles. The van der Waals surface area contributed by atoms with Crippen molar-refractivity contribution in [2.24, 2.45) is 0 Å². The third-order valence-corrected chi connectivity index (χ3v) is 8.61. The van der Waals surface area contributed by atoms with Crippen molar-refractivity contribution in [2.45, 2.75) is 19.0 Å². The summed E-state index contributed by atoms with van der Waals surface area (Å²) in [7, 11) is 2.44. The fourth-order valence-electron chi connectivity index (χ4n) is 4.49. The number of esters is 2. The lowest BCUT2D eigenvalue weighted by molar-refractivity contribution is -0.113. The summed E-state index contributed by atoms with van der Waals surface area (Å²) < 4.78 is 11.0. The van der Waals surface area contributed by atoms with Gasteiger partial charge in [0.05, 0.1) is 42.2 Å². The second-order valence-corrected chi connectivity index (χ2v) is 11.4. The van der Waals surface area contributed by atoms with Gasteiger partial charge in [0.2, 0.25) is 5.91 Å². The third kappa shape index (κ3) is 6.23. The van der Waals surface area contributed by atoms with Crippen molar-refractivity contribution >= 4 is 56.8 Å². The Morgan fingerprint density at radius 3 is 2.21 bits per heavy atom. The van der Waals surface area contributed by atoms with Gasteiger partial charge >= 0.3 is 11.9 Å². The second-order valence-electron chi connectivity index (χ2n) is 9.62. The number of thiophene rings is 1. The largest absolute Gasteiger partial charge is 0.465 e. The number of nitrogens with zero attached hydrogens (tertiary/aromatic N) is 2. The lowest BCUT2D eigenvalue weighted by Gasteiger charge is -2.13. The highest BCUT2D eigenvalue weighted by Crippen LogP contribution is 2.34. The Kier molecular flexibility index (Phi) is 8.74. The number of fused-ring (bicyclic) bond motifs is 1. The predicted molar refractivity (Wildman–Crippen MR) is 169 cm³/mol. The van der Waals surface area contributed by atoms with Crippen LogP contribution in [0.2, 0.25) is 0 Å². The van der Waals surface area contributed by atoms with E-state index in [0.29, 0.717) is 21.1 Å². The molecule has 2 heterocycles. The highest BCUT2D eigenvalue weighted by atomic mass is 32.2. The Bertz CT molecular complexity index is 1900. The molecule has 11 heteroatoms. The number of aromatic nitrogens is 2. The van der Waals surface area contributed by atoms with E-state index < -0.39 is 17.8 Å². The minimum Gasteiger partial charge on any atom is -0.465 e. The van der Waals surface area contributed by atoms with Gasteiger partial charge in [-0.3, -0.25) is 14.2 Å². The van der Waals surface area contributed by atoms with Crippen LogP contribution in [-0.4, -0.2) is 47.4 Å². The number of anilines is 1. The van der Waals surface area contributed by atoms with Crippen LogP contribution in [-0.2, 0) is 14.3 Å². The maximum Gasteiger partial charge on any atom is 0.337 e. The van der Waals surface area contributed by atoms with E-state index >= 15 is 0 Å². The minimum absolute atomic E-state index is 0.0793. The molecule has 9 nitrogen and oxygen atoms in total. The monoisotopic (exact) mass is 613 g/mol. The SMILES string of the molecule is COC(=O)c1cc(NC(=O)CSc2nc3scc(-c4ccc(C)c(C)c4)c3c(=O)n2-c2ccccc2)cc(C(=O)OC)c1. The first-order chi connectivity index (χ1) is 20.7. The molecule has 5 aromatic rings. The van der Waals surface area contributed by atoms with Crippen LogP contribution in [0.1, 0.15) is 31.8 Å². The first kappa shape index (κ1) is 29.7. The summed E-state index contributed by atoms with van der Waals surface area (Å²) in [6, 6.07) is 19.4. The summed E-state index contributed by atoms with van der Waals surface area (Å²) in [5, 5.41) is 5.51. The minimum atomic E-state index is -0.670. The van der Waals surface area contributed by atoms with E-state index in [1.807, 2.05) is 61.7 Å². The number of carbonyl (C=O) groups excluding carboxylic acids is 3. The van der Waals surface area contributed by atoms with Crippen molar-refractivity contribution < 1.29 is 23.9 Å². The fraction of sp³-hybridized carbons (Fsp3) is 0.156. The average molecular weight is 614 g/mol. The van der Waals surface area contributed by atoms with E-state index in [2.05, 4.69) is 11.4 Å². The van der Waals surface area contributed by atoms with Crippen LogP contribution in [0.5, 0.6) is 0 Å². The molecule has 0 bridgehead atoms. The topological polar surface area (TPSA) is 117 Å². The van der Waals surface area contributed by atoms with Crippen molar-refractivity contribution in [3.8, 4) is 16.8 Å². The van der Waals surface area contributed by atoms with E-state index in [-0.39, 0.29) is 28.1 Å². The molecule has 0 aliphatic rings. The molecule has 0 saturated carbocycles. The highest BCUT2D eigenvalue weighted by molar-refractivity contribution is 7.99. The molecule has 5 rings (SSSR count). The molecule has 0 radical (unpaired) electrons. The maximum absolute atomic E-state index is 14.1. The first-order valence-corrected chi connectivity index (χ1v) is 15.0. The number of amides is 1. The van der Waals surface area contributed by atoms with Crippen molar-refractivity contribution in [1.29, 1.82) is 0 Å². The van der Waals surface area contributed by atoms with Crippen LogP contribution in [0, 0.1) is 13.8 Å². The molecular weight excluding hydrogens is 587 g/mol. The third-order valence-electron chi connectivity index (χ3n) is 6.80.